The Kier molecular flexibility index (Phi) is 51.1. The van der Waals surface area contributed by atoms with Gasteiger partial charge in [-0.3, -0.25) is 14.4 Å². The van der Waals surface area contributed by atoms with E-state index in [1.807, 2.05) is 0 Å². The second-order valence-corrected chi connectivity index (χ2v) is 18.1. The predicted molar refractivity (Wildman–Crippen MR) is 253 cm³/mol. The molecule has 1 aliphatic rings. The SMILES string of the molecule is CCCCC(CCCC)CCCCCCCCCCCC(CCCCCCCCCCCC(CCCC)CCCC)OC(=O)CCCN1CCCCC1.O=CO.O=CO. The molecule has 1 fully saturated rings. The molecule has 0 bridgehead atoms. The Morgan fingerprint density at radius 1 is 0.458 bits per heavy atom. The highest BCUT2D eigenvalue weighted by atomic mass is 16.5. The van der Waals surface area contributed by atoms with Crippen molar-refractivity contribution in [1.82, 2.24) is 4.90 Å². The molecule has 352 valence electrons. The molecule has 0 saturated carbocycles. The van der Waals surface area contributed by atoms with Crippen LogP contribution in [0.25, 0.3) is 0 Å². The van der Waals surface area contributed by atoms with Crippen molar-refractivity contribution in [2.45, 2.75) is 284 Å². The first-order valence-electron chi connectivity index (χ1n) is 26.0. The van der Waals surface area contributed by atoms with E-state index in [2.05, 4.69) is 32.6 Å². The second-order valence-electron chi connectivity index (χ2n) is 18.1. The number of hydrogen-bond donors (Lipinski definition) is 2. The fourth-order valence-corrected chi connectivity index (χ4v) is 9.06. The van der Waals surface area contributed by atoms with Crippen molar-refractivity contribution < 1.29 is 29.3 Å². The molecule has 1 aliphatic heterocycles. The molecule has 7 heteroatoms. The summed E-state index contributed by atoms with van der Waals surface area (Å²) < 4.78 is 6.17. The molecule has 1 saturated heterocycles. The van der Waals surface area contributed by atoms with Gasteiger partial charge in [-0.25, -0.2) is 0 Å². The Morgan fingerprint density at radius 3 is 1.07 bits per heavy atom. The van der Waals surface area contributed by atoms with E-state index >= 15 is 0 Å². The van der Waals surface area contributed by atoms with Crippen LogP contribution in [0.3, 0.4) is 0 Å². The number of esters is 1. The maximum atomic E-state index is 12.9. The highest BCUT2D eigenvalue weighted by molar-refractivity contribution is 5.69. The van der Waals surface area contributed by atoms with E-state index in [0.717, 1.165) is 37.6 Å². The van der Waals surface area contributed by atoms with Crippen LogP contribution in [0.5, 0.6) is 0 Å². The number of piperidine rings is 1. The van der Waals surface area contributed by atoms with Crippen LogP contribution in [0.1, 0.15) is 278 Å². The van der Waals surface area contributed by atoms with E-state index in [9.17, 15) is 4.79 Å². The average molecular weight is 838 g/mol. The first-order valence-corrected chi connectivity index (χ1v) is 26.0. The van der Waals surface area contributed by atoms with Crippen LogP contribution in [-0.2, 0) is 19.1 Å². The number of rotatable bonds is 41. The fraction of sp³-hybridized carbons (Fsp3) is 0.942. The summed E-state index contributed by atoms with van der Waals surface area (Å²) in [6.07, 6.45) is 52.7. The van der Waals surface area contributed by atoms with Crippen LogP contribution in [0.4, 0.5) is 0 Å². The zero-order chi connectivity index (χ0) is 43.7. The summed E-state index contributed by atoms with van der Waals surface area (Å²) in [6, 6.07) is 0. The first kappa shape index (κ1) is 59.5. The van der Waals surface area contributed by atoms with E-state index in [4.69, 9.17) is 24.5 Å². The van der Waals surface area contributed by atoms with Gasteiger partial charge in [0.2, 0.25) is 0 Å². The van der Waals surface area contributed by atoms with Gasteiger partial charge in [0, 0.05) is 6.42 Å². The average Bonchev–Trinajstić information content (AvgIpc) is 3.24. The molecule has 59 heavy (non-hydrogen) atoms. The topological polar surface area (TPSA) is 104 Å². The quantitative estimate of drug-likeness (QED) is 0.0359. The summed E-state index contributed by atoms with van der Waals surface area (Å²) in [6.45, 7) is 12.4. The smallest absolute Gasteiger partial charge is 0.306 e. The van der Waals surface area contributed by atoms with Gasteiger partial charge in [-0.1, -0.05) is 227 Å². The lowest BCUT2D eigenvalue weighted by atomic mass is 9.90. The molecule has 7 nitrogen and oxygen atoms in total. The molecule has 0 amide bonds. The molecule has 0 aromatic rings. The van der Waals surface area contributed by atoms with Crippen LogP contribution in [-0.4, -0.2) is 59.8 Å². The zero-order valence-corrected chi connectivity index (χ0v) is 40.1. The lowest BCUT2D eigenvalue weighted by molar-refractivity contribution is -0.150. The molecule has 2 N–H and O–H groups in total. The number of carboxylic acid groups (broad SMARTS) is 2. The molecule has 0 aromatic heterocycles. The van der Waals surface area contributed by atoms with Crippen LogP contribution >= 0.6 is 0 Å². The molecular formula is C52H103NO6. The zero-order valence-electron chi connectivity index (χ0n) is 40.1. The van der Waals surface area contributed by atoms with Gasteiger partial charge in [-0.05, 0) is 76.4 Å². The molecular weight excluding hydrogens is 735 g/mol. The maximum absolute atomic E-state index is 12.9. The third-order valence-corrected chi connectivity index (χ3v) is 12.7. The summed E-state index contributed by atoms with van der Waals surface area (Å²) in [4.78, 5) is 32.1. The molecule has 1 rings (SSSR count). The van der Waals surface area contributed by atoms with E-state index in [0.29, 0.717) is 6.42 Å². The minimum absolute atomic E-state index is 0.0658. The lowest BCUT2D eigenvalue weighted by Gasteiger charge is -2.26. The van der Waals surface area contributed by atoms with Crippen molar-refractivity contribution in [2.75, 3.05) is 19.6 Å². The van der Waals surface area contributed by atoms with Crippen molar-refractivity contribution >= 4 is 18.9 Å². The Morgan fingerprint density at radius 2 is 0.746 bits per heavy atom. The summed E-state index contributed by atoms with van der Waals surface area (Å²) in [5, 5.41) is 13.8. The van der Waals surface area contributed by atoms with Gasteiger partial charge in [0.15, 0.2) is 0 Å². The Bertz CT molecular complexity index is 770. The summed E-state index contributed by atoms with van der Waals surface area (Å²) in [5.74, 6) is 2.06. The Balaban J connectivity index is 0. The van der Waals surface area contributed by atoms with Crippen molar-refractivity contribution in [1.29, 1.82) is 0 Å². The van der Waals surface area contributed by atoms with Crippen molar-refractivity contribution in [3.05, 3.63) is 0 Å². The van der Waals surface area contributed by atoms with Crippen LogP contribution in [0.15, 0.2) is 0 Å². The van der Waals surface area contributed by atoms with Gasteiger partial charge in [0.25, 0.3) is 12.9 Å². The van der Waals surface area contributed by atoms with Crippen molar-refractivity contribution in [3.8, 4) is 0 Å². The molecule has 0 aliphatic carbocycles. The number of likely N-dealkylation sites (tertiary alicyclic amines) is 1. The van der Waals surface area contributed by atoms with Crippen LogP contribution in [0, 0.1) is 11.8 Å². The summed E-state index contributed by atoms with van der Waals surface area (Å²) >= 11 is 0. The van der Waals surface area contributed by atoms with Gasteiger partial charge >= 0.3 is 5.97 Å². The Hall–Kier alpha value is -1.63. The molecule has 0 spiro atoms. The summed E-state index contributed by atoms with van der Waals surface area (Å²) in [5.41, 5.74) is 0. The molecule has 0 aromatic carbocycles. The lowest BCUT2D eigenvalue weighted by Crippen LogP contribution is -2.31. The second kappa shape index (κ2) is 50.7. The van der Waals surface area contributed by atoms with Gasteiger partial charge in [0.1, 0.15) is 6.10 Å². The van der Waals surface area contributed by atoms with E-state index in [1.165, 1.54) is 238 Å². The van der Waals surface area contributed by atoms with Gasteiger partial charge < -0.3 is 19.8 Å². The van der Waals surface area contributed by atoms with Crippen molar-refractivity contribution in [2.24, 2.45) is 11.8 Å². The fourth-order valence-electron chi connectivity index (χ4n) is 9.06. The highest BCUT2D eigenvalue weighted by Gasteiger charge is 2.16. The van der Waals surface area contributed by atoms with E-state index in [1.54, 1.807) is 0 Å². The number of ether oxygens (including phenoxy) is 1. The minimum Gasteiger partial charge on any atom is -0.483 e. The van der Waals surface area contributed by atoms with Crippen LogP contribution < -0.4 is 0 Å². The van der Waals surface area contributed by atoms with Gasteiger partial charge in [0.05, 0.1) is 0 Å². The van der Waals surface area contributed by atoms with E-state index in [-0.39, 0.29) is 25.0 Å². The highest BCUT2D eigenvalue weighted by Crippen LogP contribution is 2.25. The normalized spacial score (nSPS) is 12.9. The summed E-state index contributed by atoms with van der Waals surface area (Å²) in [7, 11) is 0. The standard InChI is InChI=1S/C50H99NO2.2CH2O2/c1-5-9-35-47(36-10-6-2)39-28-23-19-15-13-17-21-25-30-41-49(53-50(52)43-34-46-51-44-32-27-33-45-51)42-31-26-22-18-14-16-20-24-29-40-48(37-11-7-3)38-12-8-4;2*2-1-3/h47-49H,5-46H2,1-4H3;2*1H,(H,2,3). The minimum atomic E-state index is -0.250. The molecule has 1 heterocycles. The molecule has 0 atom stereocenters. The maximum Gasteiger partial charge on any atom is 0.306 e. The van der Waals surface area contributed by atoms with Gasteiger partial charge in [-0.15, -0.1) is 0 Å². The first-order chi connectivity index (χ1) is 28.9. The largest absolute Gasteiger partial charge is 0.483 e. The van der Waals surface area contributed by atoms with Gasteiger partial charge in [-0.2, -0.15) is 0 Å². The van der Waals surface area contributed by atoms with E-state index < -0.39 is 0 Å². The number of unbranched alkanes of at least 4 members (excludes halogenated alkanes) is 20. The number of carbonyl (C=O) groups excluding carboxylic acids is 1. The Labute approximate surface area is 367 Å². The monoisotopic (exact) mass is 838 g/mol. The predicted octanol–water partition coefficient (Wildman–Crippen LogP) is 16.1. The number of carbonyl (C=O) groups is 3. The molecule has 0 unspecified atom stereocenters. The van der Waals surface area contributed by atoms with Crippen molar-refractivity contribution in [3.63, 3.8) is 0 Å². The number of nitrogens with zero attached hydrogens (tertiary/aromatic N) is 1. The third-order valence-electron chi connectivity index (χ3n) is 12.7. The third kappa shape index (κ3) is 45.7. The molecule has 0 radical (unpaired) electrons. The number of hydrogen-bond acceptors (Lipinski definition) is 5. The van der Waals surface area contributed by atoms with Crippen LogP contribution in [0.2, 0.25) is 0 Å².